The molecule has 2 rings (SSSR count). The molecule has 0 aromatic rings. The second-order valence-corrected chi connectivity index (χ2v) is 6.82. The Balaban J connectivity index is 2.51. The summed E-state index contributed by atoms with van der Waals surface area (Å²) in [5, 5.41) is 0. The fourth-order valence-electron chi connectivity index (χ4n) is 1.86. The van der Waals surface area contributed by atoms with Crippen LogP contribution in [-0.2, 0) is 28.7 Å². The largest absolute Gasteiger partial charge is 0.465 e. The van der Waals surface area contributed by atoms with E-state index in [9.17, 15) is 24.0 Å². The highest BCUT2D eigenvalue weighted by molar-refractivity contribution is 8.29. The number of urea groups is 1. The van der Waals surface area contributed by atoms with Gasteiger partial charge in [-0.2, -0.15) is 0 Å². The van der Waals surface area contributed by atoms with E-state index in [1.165, 1.54) is 14.1 Å². The molecule has 128 valence electrons. The summed E-state index contributed by atoms with van der Waals surface area (Å²) in [7, 11) is 4.73. The zero-order valence-electron chi connectivity index (χ0n) is 13.1. The smallest absolute Gasteiger partial charge is 0.346 e. The molecule has 2 heterocycles. The van der Waals surface area contributed by atoms with Gasteiger partial charge >= 0.3 is 18.0 Å². The average Bonchev–Trinajstić information content (AvgIpc) is 3.01. The normalized spacial score (nSPS) is 18.6. The van der Waals surface area contributed by atoms with Gasteiger partial charge in [0.05, 0.1) is 18.5 Å². The van der Waals surface area contributed by atoms with Crippen LogP contribution < -0.4 is 0 Å². The van der Waals surface area contributed by atoms with Crippen molar-refractivity contribution >= 4 is 53.3 Å². The Kier molecular flexibility index (Phi) is 5.04. The number of methoxy groups -OCH3 is 2. The van der Waals surface area contributed by atoms with Crippen molar-refractivity contribution < 1.29 is 33.4 Å². The van der Waals surface area contributed by atoms with Crippen molar-refractivity contribution in [2.24, 2.45) is 0 Å². The number of likely N-dealkylation sites (N-methyl/N-ethyl adjacent to an activating group) is 2. The molecule has 0 spiro atoms. The number of imide groups is 2. The number of nitrogens with zero attached hydrogens (tertiary/aromatic N) is 2. The topological polar surface area (TPSA) is 110 Å². The molecule has 2 aliphatic heterocycles. The summed E-state index contributed by atoms with van der Waals surface area (Å²) >= 11 is 1.51. The van der Waals surface area contributed by atoms with Crippen LogP contribution in [-0.4, -0.2) is 67.9 Å². The summed E-state index contributed by atoms with van der Waals surface area (Å²) in [4.78, 5) is 61.4. The summed E-state index contributed by atoms with van der Waals surface area (Å²) in [5.41, 5.74) is -0.296. The van der Waals surface area contributed by atoms with Crippen LogP contribution in [0.25, 0.3) is 0 Å². The van der Waals surface area contributed by atoms with Crippen LogP contribution in [0.1, 0.15) is 0 Å². The maximum atomic E-state index is 12.3. The van der Waals surface area contributed by atoms with E-state index < -0.39 is 29.8 Å². The summed E-state index contributed by atoms with van der Waals surface area (Å²) in [6, 6.07) is -0.767. The van der Waals surface area contributed by atoms with E-state index in [0.29, 0.717) is 0 Å². The molecule has 0 unspecified atom stereocenters. The highest BCUT2D eigenvalue weighted by atomic mass is 32.2. The number of esters is 2. The molecule has 11 heteroatoms. The van der Waals surface area contributed by atoms with Crippen LogP contribution in [0.5, 0.6) is 0 Å². The molecule has 4 amide bonds. The van der Waals surface area contributed by atoms with Gasteiger partial charge in [-0.1, -0.05) is 23.5 Å². The number of ether oxygens (including phenoxy) is 2. The lowest BCUT2D eigenvalue weighted by molar-refractivity contribution is -0.138. The molecule has 0 aromatic carbocycles. The molecule has 24 heavy (non-hydrogen) atoms. The zero-order valence-corrected chi connectivity index (χ0v) is 14.7. The van der Waals surface area contributed by atoms with E-state index in [1.807, 2.05) is 0 Å². The highest BCUT2D eigenvalue weighted by Gasteiger charge is 2.43. The fraction of sp³-hybridized carbons (Fsp3) is 0.308. The van der Waals surface area contributed by atoms with Crippen LogP contribution >= 0.6 is 23.5 Å². The predicted octanol–water partition coefficient (Wildman–Crippen LogP) is 0.286. The van der Waals surface area contributed by atoms with E-state index in [4.69, 9.17) is 0 Å². The molecular formula is C13H12N2O7S2. The van der Waals surface area contributed by atoms with E-state index in [0.717, 1.165) is 47.5 Å². The van der Waals surface area contributed by atoms with Crippen LogP contribution in [0, 0.1) is 0 Å². The number of amides is 4. The lowest BCUT2D eigenvalue weighted by Crippen LogP contribution is -2.53. The average molecular weight is 372 g/mol. The van der Waals surface area contributed by atoms with Gasteiger partial charge in [-0.25, -0.2) is 14.4 Å². The Morgan fingerprint density at radius 3 is 1.54 bits per heavy atom. The first-order valence-electron chi connectivity index (χ1n) is 6.35. The molecule has 0 radical (unpaired) electrons. The van der Waals surface area contributed by atoms with Gasteiger partial charge < -0.3 is 9.47 Å². The maximum absolute atomic E-state index is 12.3. The highest BCUT2D eigenvalue weighted by Crippen LogP contribution is 2.52. The lowest BCUT2D eigenvalue weighted by atomic mass is 10.2. The Hall–Kier alpha value is -2.27. The van der Waals surface area contributed by atoms with Crippen molar-refractivity contribution in [3.05, 3.63) is 19.6 Å². The van der Waals surface area contributed by atoms with Crippen LogP contribution in [0.15, 0.2) is 19.6 Å². The number of barbiturate groups is 1. The summed E-state index contributed by atoms with van der Waals surface area (Å²) in [6.45, 7) is 0. The van der Waals surface area contributed by atoms with Crippen molar-refractivity contribution in [3.8, 4) is 0 Å². The molecule has 2 aliphatic rings. The maximum Gasteiger partial charge on any atom is 0.346 e. The third kappa shape index (κ3) is 2.80. The first-order chi connectivity index (χ1) is 11.2. The predicted molar refractivity (Wildman–Crippen MR) is 84.2 cm³/mol. The second-order valence-electron chi connectivity index (χ2n) is 4.52. The molecule has 9 nitrogen and oxygen atoms in total. The van der Waals surface area contributed by atoms with Crippen LogP contribution in [0.3, 0.4) is 0 Å². The van der Waals surface area contributed by atoms with Gasteiger partial charge in [0.1, 0.15) is 15.4 Å². The Morgan fingerprint density at radius 1 is 0.833 bits per heavy atom. The van der Waals surface area contributed by atoms with Crippen molar-refractivity contribution in [1.29, 1.82) is 0 Å². The van der Waals surface area contributed by atoms with E-state index in [-0.39, 0.29) is 19.6 Å². The van der Waals surface area contributed by atoms with Gasteiger partial charge in [0.15, 0.2) is 0 Å². The quantitative estimate of drug-likeness (QED) is 0.383. The third-order valence-corrected chi connectivity index (χ3v) is 5.71. The first kappa shape index (κ1) is 18.1. The molecule has 0 N–H and O–H groups in total. The van der Waals surface area contributed by atoms with Gasteiger partial charge in [-0.3, -0.25) is 19.4 Å². The number of carbonyl (C=O) groups excluding carboxylic acids is 5. The van der Waals surface area contributed by atoms with Crippen molar-refractivity contribution in [1.82, 2.24) is 9.80 Å². The third-order valence-electron chi connectivity index (χ3n) is 3.15. The number of rotatable bonds is 2. The van der Waals surface area contributed by atoms with E-state index in [1.54, 1.807) is 0 Å². The Labute approximate surface area is 145 Å². The zero-order chi connectivity index (χ0) is 18.2. The summed E-state index contributed by atoms with van der Waals surface area (Å²) in [6.07, 6.45) is 0. The Morgan fingerprint density at radius 2 is 1.21 bits per heavy atom. The van der Waals surface area contributed by atoms with Crippen molar-refractivity contribution in [3.63, 3.8) is 0 Å². The number of hydrogen-bond donors (Lipinski definition) is 0. The van der Waals surface area contributed by atoms with Gasteiger partial charge in [0.25, 0.3) is 11.8 Å². The molecule has 0 bridgehead atoms. The molecular weight excluding hydrogens is 360 g/mol. The van der Waals surface area contributed by atoms with Crippen molar-refractivity contribution in [2.45, 2.75) is 0 Å². The molecule has 0 atom stereocenters. The minimum Gasteiger partial charge on any atom is -0.465 e. The van der Waals surface area contributed by atoms with Crippen LogP contribution in [0.4, 0.5) is 4.79 Å². The standard InChI is InChI=1S/C13H12N2O7S2/c1-14-8(16)5(9(17)15(2)13(14)20)12-23-6(10(18)21-3)7(24-12)11(19)22-4/h1-4H3. The molecule has 0 aliphatic carbocycles. The SMILES string of the molecule is COC(=O)C1=C(C(=O)OC)SC(=C2C(=O)N(C)C(=O)N(C)C2=O)S1. The number of thioether (sulfide) groups is 2. The van der Waals surface area contributed by atoms with Gasteiger partial charge in [0, 0.05) is 14.1 Å². The monoisotopic (exact) mass is 372 g/mol. The Bertz CT molecular complexity index is 685. The molecule has 1 saturated heterocycles. The summed E-state index contributed by atoms with van der Waals surface area (Å²) < 4.78 is 9.31. The van der Waals surface area contributed by atoms with Gasteiger partial charge in [-0.05, 0) is 0 Å². The summed E-state index contributed by atoms with van der Waals surface area (Å²) in [5.74, 6) is -3.21. The number of hydrogen-bond acceptors (Lipinski definition) is 9. The molecule has 0 aromatic heterocycles. The van der Waals surface area contributed by atoms with Gasteiger partial charge in [0.2, 0.25) is 0 Å². The second kappa shape index (κ2) is 6.69. The molecule has 0 saturated carbocycles. The number of carbonyl (C=O) groups is 5. The van der Waals surface area contributed by atoms with E-state index in [2.05, 4.69) is 9.47 Å². The van der Waals surface area contributed by atoms with Gasteiger partial charge in [-0.15, -0.1) is 0 Å². The first-order valence-corrected chi connectivity index (χ1v) is 7.98. The fourth-order valence-corrected chi connectivity index (χ4v) is 4.38. The van der Waals surface area contributed by atoms with Crippen LogP contribution in [0.2, 0.25) is 0 Å². The molecule has 1 fully saturated rings. The minimum absolute atomic E-state index is 0.0837. The minimum atomic E-state index is -0.812. The van der Waals surface area contributed by atoms with E-state index >= 15 is 0 Å². The van der Waals surface area contributed by atoms with Crippen molar-refractivity contribution in [2.75, 3.05) is 28.3 Å². The lowest BCUT2D eigenvalue weighted by Gasteiger charge is -2.29.